The summed E-state index contributed by atoms with van der Waals surface area (Å²) >= 11 is 3.51. The van der Waals surface area contributed by atoms with Gasteiger partial charge in [0.25, 0.3) is 6.20 Å². The Morgan fingerprint density at radius 1 is 1.30 bits per heavy atom. The molecule has 10 heteroatoms. The third-order valence-corrected chi connectivity index (χ3v) is 5.55. The highest BCUT2D eigenvalue weighted by Crippen LogP contribution is 2.12. The quantitative estimate of drug-likeness (QED) is 0.264. The van der Waals surface area contributed by atoms with E-state index in [2.05, 4.69) is 25.6 Å². The molecular formula is C17H24N6O2S2. The number of rotatable bonds is 13. The van der Waals surface area contributed by atoms with Crippen molar-refractivity contribution in [1.29, 1.82) is 0 Å². The third-order valence-electron chi connectivity index (χ3n) is 3.53. The first-order chi connectivity index (χ1) is 13.1. The summed E-state index contributed by atoms with van der Waals surface area (Å²) in [5, 5.41) is 17.0. The maximum atomic E-state index is 10.8. The molecule has 3 N–H and O–H groups in total. The van der Waals surface area contributed by atoms with Crippen LogP contribution < -0.4 is 10.6 Å². The highest BCUT2D eigenvalue weighted by atomic mass is 32.2. The summed E-state index contributed by atoms with van der Waals surface area (Å²) in [6, 6.07) is 3.96. The first-order valence-electron chi connectivity index (χ1n) is 8.51. The summed E-state index contributed by atoms with van der Waals surface area (Å²) in [5.41, 5.74) is 3.30. The van der Waals surface area contributed by atoms with Crippen LogP contribution >= 0.6 is 23.5 Å². The number of pyridine rings is 1. The van der Waals surface area contributed by atoms with Gasteiger partial charge in [-0.15, -0.1) is 0 Å². The van der Waals surface area contributed by atoms with Gasteiger partial charge in [-0.05, 0) is 18.6 Å². The number of hydrogen-bond donors (Lipinski definition) is 3. The number of nitrogens with one attached hydrogen (secondary N) is 3. The minimum Gasteiger partial charge on any atom is -0.366 e. The second-order valence-electron chi connectivity index (χ2n) is 5.61. The lowest BCUT2D eigenvalue weighted by Gasteiger charge is -2.11. The zero-order chi connectivity index (χ0) is 19.3. The number of aromatic amines is 1. The van der Waals surface area contributed by atoms with Crippen molar-refractivity contribution in [1.82, 2.24) is 25.6 Å². The van der Waals surface area contributed by atoms with Gasteiger partial charge < -0.3 is 15.6 Å². The molecule has 0 unspecified atom stereocenters. The van der Waals surface area contributed by atoms with Crippen molar-refractivity contribution in [2.75, 3.05) is 24.6 Å². The van der Waals surface area contributed by atoms with Crippen LogP contribution in [0.15, 0.2) is 42.9 Å². The van der Waals surface area contributed by atoms with E-state index in [1.54, 1.807) is 36.0 Å². The van der Waals surface area contributed by atoms with Gasteiger partial charge in [-0.1, -0.05) is 6.07 Å². The molecule has 0 radical (unpaired) electrons. The number of nitrogens with zero attached hydrogens (tertiary/aromatic N) is 3. The number of thioether (sulfide) groups is 2. The van der Waals surface area contributed by atoms with E-state index >= 15 is 0 Å². The lowest BCUT2D eigenvalue weighted by molar-refractivity contribution is -0.404. The highest BCUT2D eigenvalue weighted by Gasteiger charge is 2.04. The van der Waals surface area contributed by atoms with Crippen molar-refractivity contribution in [3.05, 3.63) is 69.9 Å². The molecule has 0 saturated carbocycles. The van der Waals surface area contributed by atoms with Crippen LogP contribution in [0, 0.1) is 17.0 Å². The molecule has 0 amide bonds. The van der Waals surface area contributed by atoms with E-state index in [9.17, 15) is 10.1 Å². The van der Waals surface area contributed by atoms with Crippen LogP contribution in [-0.2, 0) is 11.5 Å². The van der Waals surface area contributed by atoms with Gasteiger partial charge in [-0.3, -0.25) is 15.1 Å². The van der Waals surface area contributed by atoms with Crippen molar-refractivity contribution in [3.8, 4) is 0 Å². The molecule has 2 rings (SSSR count). The van der Waals surface area contributed by atoms with Crippen molar-refractivity contribution in [2.24, 2.45) is 0 Å². The molecule has 0 aliphatic carbocycles. The van der Waals surface area contributed by atoms with Gasteiger partial charge in [0.15, 0.2) is 5.82 Å². The molecule has 8 nitrogen and oxygen atoms in total. The Kier molecular flexibility index (Phi) is 9.56. The zero-order valence-electron chi connectivity index (χ0n) is 15.2. The number of H-pyrrole nitrogens is 1. The monoisotopic (exact) mass is 408 g/mol. The number of nitro groups is 1. The smallest absolute Gasteiger partial charge is 0.274 e. The minimum atomic E-state index is -0.445. The molecule has 0 atom stereocenters. The van der Waals surface area contributed by atoms with Crippen LogP contribution in [0.25, 0.3) is 0 Å². The van der Waals surface area contributed by atoms with Crippen LogP contribution in [0.3, 0.4) is 0 Å². The number of aromatic nitrogens is 3. The van der Waals surface area contributed by atoms with Crippen LogP contribution in [0.4, 0.5) is 0 Å². The molecule has 0 spiro atoms. The predicted octanol–water partition coefficient (Wildman–Crippen LogP) is 2.53. The van der Waals surface area contributed by atoms with E-state index < -0.39 is 4.92 Å². The number of imidazole rings is 1. The van der Waals surface area contributed by atoms with Crippen LogP contribution in [0.1, 0.15) is 17.0 Å². The van der Waals surface area contributed by atoms with Gasteiger partial charge in [-0.25, -0.2) is 4.98 Å². The van der Waals surface area contributed by atoms with Gasteiger partial charge in [0.05, 0.1) is 16.9 Å². The van der Waals surface area contributed by atoms with E-state index in [0.717, 1.165) is 40.6 Å². The Labute approximate surface area is 167 Å². The molecule has 0 fully saturated rings. The minimum absolute atomic E-state index is 0.445. The highest BCUT2D eigenvalue weighted by molar-refractivity contribution is 7.98. The van der Waals surface area contributed by atoms with E-state index in [-0.39, 0.29) is 0 Å². The Morgan fingerprint density at radius 3 is 2.63 bits per heavy atom. The number of aryl methyl sites for hydroxylation is 1. The van der Waals surface area contributed by atoms with E-state index in [1.165, 1.54) is 5.56 Å². The summed E-state index contributed by atoms with van der Waals surface area (Å²) < 4.78 is 0. The predicted molar refractivity (Wildman–Crippen MR) is 111 cm³/mol. The van der Waals surface area contributed by atoms with Crippen LogP contribution in [0.2, 0.25) is 0 Å². The van der Waals surface area contributed by atoms with Crippen molar-refractivity contribution in [3.63, 3.8) is 0 Å². The van der Waals surface area contributed by atoms with Crippen LogP contribution in [0.5, 0.6) is 0 Å². The fraction of sp³-hybridized carbons (Fsp3) is 0.412. The summed E-state index contributed by atoms with van der Waals surface area (Å²) in [6.07, 6.45) is 6.28. The van der Waals surface area contributed by atoms with Gasteiger partial charge in [0.1, 0.15) is 0 Å². The van der Waals surface area contributed by atoms with E-state index in [4.69, 9.17) is 0 Å². The maximum Gasteiger partial charge on any atom is 0.274 e. The number of hydrogen-bond acceptors (Lipinski definition) is 8. The molecule has 146 valence electrons. The fourth-order valence-corrected chi connectivity index (χ4v) is 3.84. The Hall–Kier alpha value is -2.20. The molecule has 27 heavy (non-hydrogen) atoms. The molecule has 2 heterocycles. The third kappa shape index (κ3) is 8.83. The van der Waals surface area contributed by atoms with Crippen LogP contribution in [-0.4, -0.2) is 44.5 Å². The molecular weight excluding hydrogens is 384 g/mol. The SMILES string of the molecule is Cc1nc[nH]c1CSCCNC(=C[N+](=O)[O-])NCCSCc1cccnc1. The van der Waals surface area contributed by atoms with Crippen molar-refractivity contribution < 1.29 is 4.92 Å². The average Bonchev–Trinajstić information content (AvgIpc) is 3.06. The maximum absolute atomic E-state index is 10.8. The Bertz CT molecular complexity index is 723. The Balaban J connectivity index is 1.61. The average molecular weight is 409 g/mol. The normalized spacial score (nSPS) is 11.4. The molecule has 0 aromatic carbocycles. The second kappa shape index (κ2) is 12.2. The summed E-state index contributed by atoms with van der Waals surface area (Å²) in [5.74, 6) is 3.85. The first kappa shape index (κ1) is 21.1. The molecule has 0 saturated heterocycles. The first-order valence-corrected chi connectivity index (χ1v) is 10.8. The van der Waals surface area contributed by atoms with Gasteiger partial charge in [0.2, 0.25) is 0 Å². The molecule has 2 aromatic heterocycles. The van der Waals surface area contributed by atoms with Gasteiger partial charge >= 0.3 is 0 Å². The molecule has 0 aliphatic heterocycles. The summed E-state index contributed by atoms with van der Waals surface area (Å²) in [4.78, 5) is 21.7. The van der Waals surface area contributed by atoms with Gasteiger partial charge in [-0.2, -0.15) is 23.5 Å². The standard InChI is InChI=1S/C17H24N6O2S2/c1-14-16(22-13-21-14)12-27-8-6-20-17(10-23(24)25)19-5-7-26-11-15-3-2-4-18-9-15/h2-4,9-10,13,19-20H,5-8,11-12H2,1H3,(H,21,22). The van der Waals surface area contributed by atoms with Crippen molar-refractivity contribution in [2.45, 2.75) is 18.4 Å². The Morgan fingerprint density at radius 2 is 2.04 bits per heavy atom. The van der Waals surface area contributed by atoms with Crippen molar-refractivity contribution >= 4 is 23.5 Å². The molecule has 2 aromatic rings. The summed E-state index contributed by atoms with van der Waals surface area (Å²) in [7, 11) is 0. The zero-order valence-corrected chi connectivity index (χ0v) is 16.8. The largest absolute Gasteiger partial charge is 0.366 e. The molecule has 0 bridgehead atoms. The van der Waals surface area contributed by atoms with Gasteiger partial charge in [0, 0.05) is 54.2 Å². The fourth-order valence-electron chi connectivity index (χ4n) is 2.16. The second-order valence-corrected chi connectivity index (χ2v) is 7.82. The van der Waals surface area contributed by atoms with E-state index in [1.807, 2.05) is 25.3 Å². The lowest BCUT2D eigenvalue weighted by Crippen LogP contribution is -2.30. The molecule has 0 aliphatic rings. The van der Waals surface area contributed by atoms with E-state index in [0.29, 0.717) is 18.9 Å². The lowest BCUT2D eigenvalue weighted by atomic mass is 10.3. The topological polar surface area (TPSA) is 109 Å². The summed E-state index contributed by atoms with van der Waals surface area (Å²) in [6.45, 7) is 3.27.